The molecule has 1 heterocycles. The van der Waals surface area contributed by atoms with Crippen molar-refractivity contribution in [1.29, 1.82) is 0 Å². The Kier molecular flexibility index (Phi) is 4.51. The van der Waals surface area contributed by atoms with Gasteiger partial charge in [-0.15, -0.1) is 0 Å². The lowest BCUT2D eigenvalue weighted by Crippen LogP contribution is -2.48. The number of benzene rings is 1. The number of hydrogen-bond acceptors (Lipinski definition) is 1. The molecule has 1 aliphatic heterocycles. The van der Waals surface area contributed by atoms with Crippen molar-refractivity contribution in [1.82, 2.24) is 5.32 Å². The maximum Gasteiger partial charge on any atom is 0.416 e. The summed E-state index contributed by atoms with van der Waals surface area (Å²) in [5.41, 5.74) is -0.327. The highest BCUT2D eigenvalue weighted by Gasteiger charge is 2.45. The van der Waals surface area contributed by atoms with Crippen LogP contribution in [-0.2, 0) is 12.6 Å². The molecule has 0 spiro atoms. The molecule has 1 saturated heterocycles. The predicted molar refractivity (Wildman–Crippen MR) is 65.7 cm³/mol. The Balaban J connectivity index is 2.09. The number of piperidine rings is 1. The first kappa shape index (κ1) is 16.1. The average molecular weight is 311 g/mol. The van der Waals surface area contributed by atoms with Crippen LogP contribution >= 0.6 is 0 Å². The summed E-state index contributed by atoms with van der Waals surface area (Å²) in [7, 11) is 0. The highest BCUT2D eigenvalue weighted by molar-refractivity contribution is 5.25. The third-order valence-corrected chi connectivity index (χ3v) is 3.74. The van der Waals surface area contributed by atoms with Gasteiger partial charge in [-0.3, -0.25) is 0 Å². The Labute approximate surface area is 118 Å². The summed E-state index contributed by atoms with van der Waals surface area (Å²) >= 11 is 0. The van der Waals surface area contributed by atoms with E-state index in [1.807, 2.05) is 0 Å². The quantitative estimate of drug-likeness (QED) is 0.808. The monoisotopic (exact) mass is 311 g/mol. The Morgan fingerprint density at radius 2 is 1.62 bits per heavy atom. The molecule has 1 aromatic rings. The summed E-state index contributed by atoms with van der Waals surface area (Å²) in [6.07, 6.45) is -8.14. The van der Waals surface area contributed by atoms with Crippen molar-refractivity contribution in [2.24, 2.45) is 5.92 Å². The summed E-state index contributed by atoms with van der Waals surface area (Å²) in [6.45, 7) is 0.498. The Morgan fingerprint density at radius 1 is 1.00 bits per heavy atom. The van der Waals surface area contributed by atoms with Gasteiger partial charge < -0.3 is 5.32 Å². The minimum Gasteiger partial charge on any atom is -0.313 e. The fourth-order valence-corrected chi connectivity index (χ4v) is 2.64. The Bertz CT molecular complexity index is 462. The van der Waals surface area contributed by atoms with Crippen LogP contribution in [0.5, 0.6) is 0 Å². The SMILES string of the molecule is FC(F)(F)c1ccc(CC2NCCCC2C(F)(F)F)cc1. The molecule has 118 valence electrons. The standard InChI is InChI=1S/C14H15F6N/c15-13(16,17)10-5-3-9(4-6-10)8-12-11(14(18,19)20)2-1-7-21-12/h3-6,11-12,21H,1-2,7-8H2. The van der Waals surface area contributed by atoms with Crippen LogP contribution in [0.1, 0.15) is 24.0 Å². The van der Waals surface area contributed by atoms with Crippen molar-refractivity contribution in [3.63, 3.8) is 0 Å². The fourth-order valence-electron chi connectivity index (χ4n) is 2.64. The third kappa shape index (κ3) is 4.12. The summed E-state index contributed by atoms with van der Waals surface area (Å²) in [5.74, 6) is -1.45. The predicted octanol–water partition coefficient (Wildman–Crippen LogP) is 4.18. The highest BCUT2D eigenvalue weighted by Crippen LogP contribution is 2.36. The fraction of sp³-hybridized carbons (Fsp3) is 0.571. The topological polar surface area (TPSA) is 12.0 Å². The lowest BCUT2D eigenvalue weighted by Gasteiger charge is -2.34. The van der Waals surface area contributed by atoms with E-state index in [2.05, 4.69) is 5.32 Å². The zero-order valence-corrected chi connectivity index (χ0v) is 11.1. The number of hydrogen-bond donors (Lipinski definition) is 1. The van der Waals surface area contributed by atoms with Crippen molar-refractivity contribution in [2.45, 2.75) is 37.7 Å². The highest BCUT2D eigenvalue weighted by atomic mass is 19.4. The van der Waals surface area contributed by atoms with Crippen LogP contribution in [-0.4, -0.2) is 18.8 Å². The molecule has 0 aliphatic carbocycles. The summed E-state index contributed by atoms with van der Waals surface area (Å²) < 4.78 is 76.1. The molecule has 1 aromatic carbocycles. The molecule has 0 amide bonds. The molecule has 7 heteroatoms. The molecule has 1 aliphatic rings. The molecule has 2 unspecified atom stereocenters. The number of nitrogens with one attached hydrogen (secondary N) is 1. The number of rotatable bonds is 2. The van der Waals surface area contributed by atoms with E-state index in [0.717, 1.165) is 12.1 Å². The molecule has 1 fully saturated rings. The van der Waals surface area contributed by atoms with E-state index in [-0.39, 0.29) is 12.8 Å². The number of halogens is 6. The molecule has 0 bridgehead atoms. The molecular formula is C14H15F6N. The first-order valence-corrected chi connectivity index (χ1v) is 6.64. The molecule has 2 atom stereocenters. The van der Waals surface area contributed by atoms with E-state index in [1.54, 1.807) is 0 Å². The van der Waals surface area contributed by atoms with Gasteiger partial charge in [0.2, 0.25) is 0 Å². The summed E-state index contributed by atoms with van der Waals surface area (Å²) in [4.78, 5) is 0. The largest absolute Gasteiger partial charge is 0.416 e. The molecule has 0 saturated carbocycles. The van der Waals surface area contributed by atoms with Crippen LogP contribution in [0.15, 0.2) is 24.3 Å². The van der Waals surface area contributed by atoms with Gasteiger partial charge in [-0.25, -0.2) is 0 Å². The van der Waals surface area contributed by atoms with Gasteiger partial charge in [0.05, 0.1) is 11.5 Å². The van der Waals surface area contributed by atoms with Gasteiger partial charge in [0, 0.05) is 6.04 Å². The van der Waals surface area contributed by atoms with Gasteiger partial charge in [-0.05, 0) is 43.5 Å². The summed E-state index contributed by atoms with van der Waals surface area (Å²) in [5, 5.41) is 2.83. The van der Waals surface area contributed by atoms with E-state index < -0.39 is 29.9 Å². The maximum absolute atomic E-state index is 12.9. The van der Waals surface area contributed by atoms with Crippen molar-refractivity contribution in [3.05, 3.63) is 35.4 Å². The molecule has 21 heavy (non-hydrogen) atoms. The van der Waals surface area contributed by atoms with Crippen LogP contribution in [0.3, 0.4) is 0 Å². The smallest absolute Gasteiger partial charge is 0.313 e. The normalized spacial score (nSPS) is 24.1. The van der Waals surface area contributed by atoms with Gasteiger partial charge in [0.25, 0.3) is 0 Å². The van der Waals surface area contributed by atoms with Crippen LogP contribution in [0.2, 0.25) is 0 Å². The second kappa shape index (κ2) is 5.87. The van der Waals surface area contributed by atoms with Crippen LogP contribution in [0.4, 0.5) is 26.3 Å². The van der Waals surface area contributed by atoms with Crippen molar-refractivity contribution in [3.8, 4) is 0 Å². The second-order valence-corrected chi connectivity index (χ2v) is 5.25. The zero-order valence-electron chi connectivity index (χ0n) is 11.1. The van der Waals surface area contributed by atoms with E-state index in [0.29, 0.717) is 18.5 Å². The first-order valence-electron chi connectivity index (χ1n) is 6.64. The molecule has 1 nitrogen and oxygen atoms in total. The Hall–Kier alpha value is -1.24. The third-order valence-electron chi connectivity index (χ3n) is 3.74. The Morgan fingerprint density at radius 3 is 2.14 bits per heavy atom. The second-order valence-electron chi connectivity index (χ2n) is 5.25. The summed E-state index contributed by atoms with van der Waals surface area (Å²) in [6, 6.07) is 3.51. The zero-order chi connectivity index (χ0) is 15.7. The van der Waals surface area contributed by atoms with Gasteiger partial charge in [-0.2, -0.15) is 26.3 Å². The number of alkyl halides is 6. The van der Waals surface area contributed by atoms with Crippen LogP contribution in [0.25, 0.3) is 0 Å². The van der Waals surface area contributed by atoms with E-state index >= 15 is 0 Å². The van der Waals surface area contributed by atoms with Crippen LogP contribution in [0, 0.1) is 5.92 Å². The van der Waals surface area contributed by atoms with E-state index in [9.17, 15) is 26.3 Å². The first-order chi connectivity index (χ1) is 9.68. The van der Waals surface area contributed by atoms with Gasteiger partial charge in [-0.1, -0.05) is 12.1 Å². The van der Waals surface area contributed by atoms with Gasteiger partial charge >= 0.3 is 12.4 Å². The van der Waals surface area contributed by atoms with Gasteiger partial charge in [0.15, 0.2) is 0 Å². The molecule has 0 radical (unpaired) electrons. The van der Waals surface area contributed by atoms with Gasteiger partial charge in [0.1, 0.15) is 0 Å². The van der Waals surface area contributed by atoms with Crippen molar-refractivity contribution < 1.29 is 26.3 Å². The molecule has 0 aromatic heterocycles. The van der Waals surface area contributed by atoms with E-state index in [4.69, 9.17) is 0 Å². The molecule has 1 N–H and O–H groups in total. The lowest BCUT2D eigenvalue weighted by molar-refractivity contribution is -0.188. The van der Waals surface area contributed by atoms with Crippen LogP contribution < -0.4 is 5.32 Å². The van der Waals surface area contributed by atoms with Crippen molar-refractivity contribution in [2.75, 3.05) is 6.54 Å². The average Bonchev–Trinajstić information content (AvgIpc) is 2.37. The minimum absolute atomic E-state index is 0.0573. The minimum atomic E-state index is -4.43. The maximum atomic E-state index is 12.9. The lowest BCUT2D eigenvalue weighted by atomic mass is 9.86. The van der Waals surface area contributed by atoms with Crippen molar-refractivity contribution >= 4 is 0 Å². The van der Waals surface area contributed by atoms with E-state index in [1.165, 1.54) is 12.1 Å². The molecular weight excluding hydrogens is 296 g/mol. The molecule has 2 rings (SSSR count).